The molecule has 0 bridgehead atoms. The second-order valence-corrected chi connectivity index (χ2v) is 6.98. The number of ether oxygens (including phenoxy) is 1. The predicted molar refractivity (Wildman–Crippen MR) is 92.1 cm³/mol. The SMILES string of the molecule is O=C(NN=C1CCCCC1)c1cc2c(s1)-c1ccccc1OC2. The Morgan fingerprint density at radius 2 is 2.00 bits per heavy atom. The van der Waals surface area contributed by atoms with E-state index in [0.29, 0.717) is 11.5 Å². The first kappa shape index (κ1) is 14.5. The first-order valence-corrected chi connectivity index (χ1v) is 8.83. The van der Waals surface area contributed by atoms with E-state index in [-0.39, 0.29) is 5.91 Å². The van der Waals surface area contributed by atoms with E-state index in [0.717, 1.165) is 40.3 Å². The summed E-state index contributed by atoms with van der Waals surface area (Å²) in [5, 5.41) is 4.30. The molecule has 0 unspecified atom stereocenters. The number of fused-ring (bicyclic) bond motifs is 3. The summed E-state index contributed by atoms with van der Waals surface area (Å²) in [7, 11) is 0. The zero-order valence-corrected chi connectivity index (χ0v) is 13.6. The van der Waals surface area contributed by atoms with Gasteiger partial charge in [0.1, 0.15) is 12.4 Å². The first-order chi connectivity index (χ1) is 11.3. The molecular weight excluding hydrogens is 308 g/mol. The molecule has 4 nitrogen and oxygen atoms in total. The standard InChI is InChI=1S/C18H18N2O2S/c21-18(20-19-13-6-2-1-3-7-13)16-10-12-11-22-15-9-5-4-8-14(15)17(12)23-16/h4-5,8-10H,1-3,6-7,11H2,(H,20,21). The van der Waals surface area contributed by atoms with E-state index in [1.807, 2.05) is 30.3 Å². The van der Waals surface area contributed by atoms with Crippen LogP contribution in [0.5, 0.6) is 5.75 Å². The smallest absolute Gasteiger partial charge is 0.281 e. The molecule has 5 heteroatoms. The van der Waals surface area contributed by atoms with Gasteiger partial charge in [-0.2, -0.15) is 5.10 Å². The highest BCUT2D eigenvalue weighted by Crippen LogP contribution is 2.42. The van der Waals surface area contributed by atoms with Gasteiger partial charge in [-0.3, -0.25) is 4.79 Å². The molecule has 118 valence electrons. The second-order valence-electron chi connectivity index (χ2n) is 5.93. The lowest BCUT2D eigenvalue weighted by Crippen LogP contribution is -2.19. The molecule has 0 radical (unpaired) electrons. The third-order valence-corrected chi connectivity index (χ3v) is 5.50. The Morgan fingerprint density at radius 1 is 1.17 bits per heavy atom. The van der Waals surface area contributed by atoms with Crippen LogP contribution in [-0.2, 0) is 6.61 Å². The van der Waals surface area contributed by atoms with Gasteiger partial charge in [-0.05, 0) is 43.9 Å². The molecule has 23 heavy (non-hydrogen) atoms. The molecule has 0 atom stereocenters. The first-order valence-electron chi connectivity index (χ1n) is 8.02. The summed E-state index contributed by atoms with van der Waals surface area (Å²) < 4.78 is 5.75. The Labute approximate surface area is 139 Å². The average Bonchev–Trinajstić information content (AvgIpc) is 3.05. The minimum Gasteiger partial charge on any atom is -0.488 e. The molecule has 1 aliphatic heterocycles. The van der Waals surface area contributed by atoms with Crippen molar-refractivity contribution in [2.75, 3.05) is 0 Å². The summed E-state index contributed by atoms with van der Waals surface area (Å²) in [6, 6.07) is 9.88. The maximum atomic E-state index is 12.4. The minimum absolute atomic E-state index is 0.125. The molecule has 2 heterocycles. The van der Waals surface area contributed by atoms with Gasteiger partial charge in [-0.1, -0.05) is 18.6 Å². The third kappa shape index (κ3) is 2.88. The predicted octanol–water partition coefficient (Wildman–Crippen LogP) is 4.36. The molecule has 0 spiro atoms. The van der Waals surface area contributed by atoms with E-state index in [1.54, 1.807) is 0 Å². The molecule has 0 saturated heterocycles. The van der Waals surface area contributed by atoms with Crippen molar-refractivity contribution in [1.82, 2.24) is 5.43 Å². The van der Waals surface area contributed by atoms with Crippen LogP contribution >= 0.6 is 11.3 Å². The fourth-order valence-corrected chi connectivity index (χ4v) is 4.16. The van der Waals surface area contributed by atoms with Crippen LogP contribution in [0.2, 0.25) is 0 Å². The molecular formula is C18H18N2O2S. The van der Waals surface area contributed by atoms with E-state index in [4.69, 9.17) is 4.74 Å². The number of nitrogens with one attached hydrogen (secondary N) is 1. The monoisotopic (exact) mass is 326 g/mol. The zero-order chi connectivity index (χ0) is 15.6. The zero-order valence-electron chi connectivity index (χ0n) is 12.8. The van der Waals surface area contributed by atoms with Crippen LogP contribution in [0.15, 0.2) is 35.4 Å². The number of thiophene rings is 1. The number of para-hydroxylation sites is 1. The van der Waals surface area contributed by atoms with Crippen LogP contribution in [0.25, 0.3) is 10.4 Å². The lowest BCUT2D eigenvalue weighted by molar-refractivity contribution is 0.0958. The van der Waals surface area contributed by atoms with E-state index >= 15 is 0 Å². The highest BCUT2D eigenvalue weighted by atomic mass is 32.1. The molecule has 1 aliphatic carbocycles. The number of hydrazone groups is 1. The Hall–Kier alpha value is -2.14. The Kier molecular flexibility index (Phi) is 3.87. The van der Waals surface area contributed by atoms with Crippen molar-refractivity contribution in [3.8, 4) is 16.2 Å². The minimum atomic E-state index is -0.125. The number of benzene rings is 1. The number of hydrogen-bond donors (Lipinski definition) is 1. The molecule has 1 fully saturated rings. The van der Waals surface area contributed by atoms with Crippen LogP contribution in [0.1, 0.15) is 47.3 Å². The number of amides is 1. The Balaban J connectivity index is 1.55. The normalized spacial score (nSPS) is 16.1. The second kappa shape index (κ2) is 6.16. The van der Waals surface area contributed by atoms with Crippen LogP contribution in [0, 0.1) is 0 Å². The lowest BCUT2D eigenvalue weighted by Gasteiger charge is -2.16. The topological polar surface area (TPSA) is 50.7 Å². The van der Waals surface area contributed by atoms with E-state index in [2.05, 4.69) is 10.5 Å². The molecule has 1 N–H and O–H groups in total. The van der Waals surface area contributed by atoms with Gasteiger partial charge in [0.15, 0.2) is 0 Å². The van der Waals surface area contributed by atoms with E-state index in [1.165, 1.54) is 30.6 Å². The van der Waals surface area contributed by atoms with Crippen molar-refractivity contribution < 1.29 is 9.53 Å². The van der Waals surface area contributed by atoms with Gasteiger partial charge in [0.25, 0.3) is 5.91 Å². The van der Waals surface area contributed by atoms with Crippen LogP contribution in [-0.4, -0.2) is 11.6 Å². The quantitative estimate of drug-likeness (QED) is 0.834. The van der Waals surface area contributed by atoms with Gasteiger partial charge in [-0.15, -0.1) is 11.3 Å². The van der Waals surface area contributed by atoms with Gasteiger partial charge in [0.05, 0.1) is 4.88 Å². The third-order valence-electron chi connectivity index (χ3n) is 4.29. The molecule has 1 amide bonds. The van der Waals surface area contributed by atoms with Crippen LogP contribution in [0.4, 0.5) is 0 Å². The number of rotatable bonds is 2. The van der Waals surface area contributed by atoms with Gasteiger partial charge < -0.3 is 4.74 Å². The van der Waals surface area contributed by atoms with Crippen LogP contribution < -0.4 is 10.2 Å². The van der Waals surface area contributed by atoms with Crippen molar-refractivity contribution in [2.45, 2.75) is 38.7 Å². The fraction of sp³-hybridized carbons (Fsp3) is 0.333. The number of hydrogen-bond acceptors (Lipinski definition) is 4. The molecule has 2 aromatic rings. The van der Waals surface area contributed by atoms with E-state index < -0.39 is 0 Å². The summed E-state index contributed by atoms with van der Waals surface area (Å²) in [5.41, 5.74) is 5.97. The van der Waals surface area contributed by atoms with E-state index in [9.17, 15) is 4.79 Å². The van der Waals surface area contributed by atoms with Crippen LogP contribution in [0.3, 0.4) is 0 Å². The molecule has 1 aromatic carbocycles. The van der Waals surface area contributed by atoms with Crippen molar-refractivity contribution in [3.63, 3.8) is 0 Å². The summed E-state index contributed by atoms with van der Waals surface area (Å²) >= 11 is 1.51. The molecule has 4 rings (SSSR count). The number of carbonyl (C=O) groups excluding carboxylic acids is 1. The molecule has 1 aromatic heterocycles. The number of carbonyl (C=O) groups is 1. The fourth-order valence-electron chi connectivity index (χ4n) is 3.07. The lowest BCUT2D eigenvalue weighted by atomic mass is 9.99. The molecule has 2 aliphatic rings. The van der Waals surface area contributed by atoms with Gasteiger partial charge in [-0.25, -0.2) is 5.43 Å². The Bertz CT molecular complexity index is 771. The molecule has 1 saturated carbocycles. The highest BCUT2D eigenvalue weighted by molar-refractivity contribution is 7.17. The summed E-state index contributed by atoms with van der Waals surface area (Å²) in [6.07, 6.45) is 5.63. The van der Waals surface area contributed by atoms with Crippen molar-refractivity contribution >= 4 is 23.0 Å². The highest BCUT2D eigenvalue weighted by Gasteiger charge is 2.22. The van der Waals surface area contributed by atoms with Gasteiger partial charge in [0.2, 0.25) is 0 Å². The largest absolute Gasteiger partial charge is 0.488 e. The van der Waals surface area contributed by atoms with Gasteiger partial charge in [0, 0.05) is 21.7 Å². The average molecular weight is 326 g/mol. The van der Waals surface area contributed by atoms with Crippen molar-refractivity contribution in [3.05, 3.63) is 40.8 Å². The van der Waals surface area contributed by atoms with Gasteiger partial charge >= 0.3 is 0 Å². The maximum Gasteiger partial charge on any atom is 0.281 e. The summed E-state index contributed by atoms with van der Waals surface area (Å²) in [5.74, 6) is 0.760. The van der Waals surface area contributed by atoms with Crippen molar-refractivity contribution in [1.29, 1.82) is 0 Å². The van der Waals surface area contributed by atoms with Crippen molar-refractivity contribution in [2.24, 2.45) is 5.10 Å². The summed E-state index contributed by atoms with van der Waals surface area (Å²) in [4.78, 5) is 14.2. The number of nitrogens with zero attached hydrogens (tertiary/aromatic N) is 1. The maximum absolute atomic E-state index is 12.4. The summed E-state index contributed by atoms with van der Waals surface area (Å²) in [6.45, 7) is 0.518. The Morgan fingerprint density at radius 3 is 2.87 bits per heavy atom.